The summed E-state index contributed by atoms with van der Waals surface area (Å²) in [5.74, 6) is -0.445. The van der Waals surface area contributed by atoms with Crippen molar-refractivity contribution in [3.05, 3.63) is 48.0 Å². The van der Waals surface area contributed by atoms with E-state index in [1.54, 1.807) is 12.1 Å². The number of carbonyl (C=O) groups is 1. The Hall–Kier alpha value is -1.75. The van der Waals surface area contributed by atoms with Gasteiger partial charge in [0.15, 0.2) is 5.78 Å². The van der Waals surface area contributed by atoms with E-state index in [-0.39, 0.29) is 5.48 Å². The molecular formula is C13H14O4. The Bertz CT molecular complexity index is 516. The average molecular weight is 234 g/mol. The Morgan fingerprint density at radius 3 is 2.47 bits per heavy atom. The van der Waals surface area contributed by atoms with Crippen molar-refractivity contribution in [2.24, 2.45) is 0 Å². The largest absolute Gasteiger partial charge is 0.412 e. The van der Waals surface area contributed by atoms with Crippen molar-refractivity contribution < 1.29 is 20.5 Å². The molecule has 0 spiro atoms. The van der Waals surface area contributed by atoms with Crippen molar-refractivity contribution >= 4 is 16.6 Å². The van der Waals surface area contributed by atoms with Crippen LogP contribution in [0, 0.1) is 0 Å². The Kier molecular flexibility index (Phi) is 4.34. The van der Waals surface area contributed by atoms with Crippen LogP contribution in [0.25, 0.3) is 10.8 Å². The van der Waals surface area contributed by atoms with E-state index in [0.717, 1.165) is 10.8 Å². The summed E-state index contributed by atoms with van der Waals surface area (Å²) in [6, 6.07) is 12.8. The van der Waals surface area contributed by atoms with Gasteiger partial charge in [-0.1, -0.05) is 42.5 Å². The van der Waals surface area contributed by atoms with Crippen LogP contribution in [0.1, 0.15) is 10.4 Å². The zero-order valence-corrected chi connectivity index (χ0v) is 9.13. The lowest BCUT2D eigenvalue weighted by molar-refractivity contribution is 0.0589. The normalized spacial score (nSPS) is 11.9. The van der Waals surface area contributed by atoms with E-state index in [9.17, 15) is 9.90 Å². The van der Waals surface area contributed by atoms with Crippen LogP contribution in [0.3, 0.4) is 0 Å². The number of fused-ring (bicyclic) bond motifs is 1. The summed E-state index contributed by atoms with van der Waals surface area (Å²) in [7, 11) is 0. The minimum atomic E-state index is -1.34. The Balaban J connectivity index is 0.00000144. The van der Waals surface area contributed by atoms with Gasteiger partial charge in [0.25, 0.3) is 0 Å². The third-order valence-electron chi connectivity index (χ3n) is 2.53. The summed E-state index contributed by atoms with van der Waals surface area (Å²) >= 11 is 0. The first-order valence-electron chi connectivity index (χ1n) is 5.05. The lowest BCUT2D eigenvalue weighted by Crippen LogP contribution is -2.24. The fourth-order valence-corrected chi connectivity index (χ4v) is 1.70. The van der Waals surface area contributed by atoms with Crippen LogP contribution in [0.15, 0.2) is 42.5 Å². The number of ketones is 1. The molecule has 0 aliphatic heterocycles. The molecule has 0 heterocycles. The summed E-state index contributed by atoms with van der Waals surface area (Å²) in [6.07, 6.45) is -1.34. The monoisotopic (exact) mass is 234 g/mol. The van der Waals surface area contributed by atoms with Crippen LogP contribution >= 0.6 is 0 Å². The minimum Gasteiger partial charge on any atom is -0.412 e. The number of carbonyl (C=O) groups excluding carboxylic acids is 1. The summed E-state index contributed by atoms with van der Waals surface area (Å²) < 4.78 is 0. The highest BCUT2D eigenvalue weighted by molar-refractivity contribution is 6.10. The zero-order chi connectivity index (χ0) is 11.5. The molecule has 4 heteroatoms. The molecule has 90 valence electrons. The molecule has 0 bridgehead atoms. The lowest BCUT2D eigenvalue weighted by atomic mass is 9.99. The first-order chi connectivity index (χ1) is 7.74. The van der Waals surface area contributed by atoms with E-state index in [2.05, 4.69) is 0 Å². The first kappa shape index (κ1) is 13.3. The van der Waals surface area contributed by atoms with E-state index in [1.165, 1.54) is 0 Å². The van der Waals surface area contributed by atoms with Gasteiger partial charge in [0.1, 0.15) is 6.10 Å². The summed E-state index contributed by atoms with van der Waals surface area (Å²) in [6.45, 7) is -0.554. The van der Waals surface area contributed by atoms with Gasteiger partial charge in [0, 0.05) is 5.56 Å². The second kappa shape index (κ2) is 5.54. The molecule has 0 radical (unpaired) electrons. The Morgan fingerprint density at radius 1 is 1.12 bits per heavy atom. The van der Waals surface area contributed by atoms with Crippen LogP contribution < -0.4 is 0 Å². The molecule has 0 aliphatic carbocycles. The van der Waals surface area contributed by atoms with Gasteiger partial charge in [0.2, 0.25) is 0 Å². The van der Waals surface area contributed by atoms with Gasteiger partial charge >= 0.3 is 0 Å². The van der Waals surface area contributed by atoms with Crippen molar-refractivity contribution in [3.8, 4) is 0 Å². The number of hydrogen-bond donors (Lipinski definition) is 2. The predicted octanol–water partition coefficient (Wildman–Crippen LogP) is 0.551. The van der Waals surface area contributed by atoms with Gasteiger partial charge in [-0.05, 0) is 10.8 Å². The highest BCUT2D eigenvalue weighted by Crippen LogP contribution is 2.19. The first-order valence-corrected chi connectivity index (χ1v) is 5.05. The summed E-state index contributed by atoms with van der Waals surface area (Å²) in [5.41, 5.74) is 0.444. The SMILES string of the molecule is O.O=C(c1cccc2ccccc12)C(O)CO. The van der Waals surface area contributed by atoms with Crippen LogP contribution in [0.4, 0.5) is 0 Å². The molecule has 0 saturated carbocycles. The van der Waals surface area contributed by atoms with Gasteiger partial charge in [-0.2, -0.15) is 0 Å². The fraction of sp³-hybridized carbons (Fsp3) is 0.154. The molecule has 0 aliphatic rings. The molecular weight excluding hydrogens is 220 g/mol. The van der Waals surface area contributed by atoms with Gasteiger partial charge in [-0.3, -0.25) is 4.79 Å². The standard InChI is InChI=1S/C13H12O3.H2O/c14-8-12(15)13(16)11-7-3-5-9-4-1-2-6-10(9)11;/h1-7,12,14-15H,8H2;1H2. The molecule has 4 nitrogen and oxygen atoms in total. The average Bonchev–Trinajstić information content (AvgIpc) is 2.36. The molecule has 0 saturated heterocycles. The van der Waals surface area contributed by atoms with Crippen molar-refractivity contribution in [1.82, 2.24) is 0 Å². The van der Waals surface area contributed by atoms with Crippen molar-refractivity contribution in [1.29, 1.82) is 0 Å². The maximum atomic E-state index is 11.8. The van der Waals surface area contributed by atoms with Gasteiger partial charge in [-0.25, -0.2) is 0 Å². The molecule has 4 N–H and O–H groups in total. The molecule has 2 rings (SSSR count). The third kappa shape index (κ3) is 2.50. The van der Waals surface area contributed by atoms with E-state index in [1.807, 2.05) is 30.3 Å². The maximum absolute atomic E-state index is 11.8. The highest BCUT2D eigenvalue weighted by atomic mass is 16.3. The number of Topliss-reactive ketones (excluding diaryl/α,β-unsaturated/α-hetero) is 1. The summed E-state index contributed by atoms with van der Waals surface area (Å²) in [5, 5.41) is 19.8. The molecule has 0 aromatic heterocycles. The molecule has 2 aromatic rings. The smallest absolute Gasteiger partial charge is 0.194 e. The molecule has 0 amide bonds. The maximum Gasteiger partial charge on any atom is 0.194 e. The van der Waals surface area contributed by atoms with Gasteiger partial charge in [-0.15, -0.1) is 0 Å². The number of benzene rings is 2. The lowest BCUT2D eigenvalue weighted by Gasteiger charge is -2.08. The van der Waals surface area contributed by atoms with Crippen LogP contribution in [0.5, 0.6) is 0 Å². The van der Waals surface area contributed by atoms with E-state index < -0.39 is 18.5 Å². The molecule has 0 fully saturated rings. The second-order valence-corrected chi connectivity index (χ2v) is 3.59. The van der Waals surface area contributed by atoms with Crippen LogP contribution in [0.2, 0.25) is 0 Å². The van der Waals surface area contributed by atoms with Crippen LogP contribution in [-0.4, -0.2) is 34.2 Å². The van der Waals surface area contributed by atoms with Crippen molar-refractivity contribution in [3.63, 3.8) is 0 Å². The third-order valence-corrected chi connectivity index (χ3v) is 2.53. The van der Waals surface area contributed by atoms with E-state index in [4.69, 9.17) is 5.11 Å². The zero-order valence-electron chi connectivity index (χ0n) is 9.13. The quantitative estimate of drug-likeness (QED) is 0.760. The summed E-state index contributed by atoms with van der Waals surface area (Å²) in [4.78, 5) is 11.8. The number of aliphatic hydroxyl groups is 2. The molecule has 17 heavy (non-hydrogen) atoms. The highest BCUT2D eigenvalue weighted by Gasteiger charge is 2.17. The van der Waals surface area contributed by atoms with Crippen molar-refractivity contribution in [2.45, 2.75) is 6.10 Å². The minimum absolute atomic E-state index is 0. The fourth-order valence-electron chi connectivity index (χ4n) is 1.70. The van der Waals surface area contributed by atoms with E-state index in [0.29, 0.717) is 5.56 Å². The number of hydrogen-bond acceptors (Lipinski definition) is 3. The topological polar surface area (TPSA) is 89.0 Å². The number of aliphatic hydroxyl groups excluding tert-OH is 2. The Morgan fingerprint density at radius 2 is 1.76 bits per heavy atom. The molecule has 2 aromatic carbocycles. The molecule has 1 atom stereocenters. The van der Waals surface area contributed by atoms with Crippen molar-refractivity contribution in [2.75, 3.05) is 6.61 Å². The van der Waals surface area contributed by atoms with Gasteiger partial charge < -0.3 is 15.7 Å². The number of rotatable bonds is 3. The molecule has 1 unspecified atom stereocenters. The predicted molar refractivity (Wildman–Crippen MR) is 65.0 cm³/mol. The second-order valence-electron chi connectivity index (χ2n) is 3.59. The Labute approximate surface area is 98.4 Å². The van der Waals surface area contributed by atoms with Crippen LogP contribution in [-0.2, 0) is 0 Å². The van der Waals surface area contributed by atoms with Gasteiger partial charge in [0.05, 0.1) is 6.61 Å². The van der Waals surface area contributed by atoms with E-state index >= 15 is 0 Å².